The maximum absolute atomic E-state index is 13.3. The van der Waals surface area contributed by atoms with Crippen LogP contribution in [0, 0.1) is 4.91 Å². The van der Waals surface area contributed by atoms with E-state index in [1.54, 1.807) is 24.3 Å². The van der Waals surface area contributed by atoms with Crippen LogP contribution in [-0.2, 0) is 27.6 Å². The first-order valence-electron chi connectivity index (χ1n) is 12.7. The van der Waals surface area contributed by atoms with Crippen molar-refractivity contribution in [1.82, 2.24) is 14.5 Å². The van der Waals surface area contributed by atoms with Gasteiger partial charge in [0.1, 0.15) is 11.5 Å². The molecule has 0 radical (unpaired) electrons. The molecule has 13 nitrogen and oxygen atoms in total. The zero-order valence-electron chi connectivity index (χ0n) is 22.4. The van der Waals surface area contributed by atoms with Crippen LogP contribution in [0.4, 0.5) is 4.79 Å². The highest BCUT2D eigenvalue weighted by Crippen LogP contribution is 2.35. The van der Waals surface area contributed by atoms with Gasteiger partial charge in [-0.15, -0.1) is 4.91 Å². The number of hydrogen-bond donors (Lipinski definition) is 3. The number of urea groups is 1. The van der Waals surface area contributed by atoms with Gasteiger partial charge in [0.15, 0.2) is 6.35 Å². The Kier molecular flexibility index (Phi) is 11.2. The molecular formula is C25H35N4O9PS. The Morgan fingerprint density at radius 1 is 1.15 bits per heavy atom. The van der Waals surface area contributed by atoms with Gasteiger partial charge in [-0.25, -0.2) is 13.2 Å². The van der Waals surface area contributed by atoms with Crippen molar-refractivity contribution in [3.63, 3.8) is 0 Å². The van der Waals surface area contributed by atoms with E-state index >= 15 is 0 Å². The second-order valence-electron chi connectivity index (χ2n) is 9.46. The van der Waals surface area contributed by atoms with Gasteiger partial charge in [-0.3, -0.25) is 9.46 Å². The van der Waals surface area contributed by atoms with Crippen LogP contribution in [0.25, 0.3) is 0 Å². The second kappa shape index (κ2) is 14.2. The van der Waals surface area contributed by atoms with Crippen molar-refractivity contribution in [2.45, 2.75) is 43.7 Å². The van der Waals surface area contributed by atoms with E-state index in [0.717, 1.165) is 11.1 Å². The molecule has 3 rings (SSSR count). The first kappa shape index (κ1) is 31.7. The number of ether oxygens (including phenoxy) is 2. The molecule has 0 saturated heterocycles. The predicted octanol–water partition coefficient (Wildman–Crippen LogP) is 2.90. The number of carbonyl (C=O) groups excluding carboxylic acids is 1. The molecule has 0 saturated carbocycles. The van der Waals surface area contributed by atoms with Crippen LogP contribution in [0.5, 0.6) is 11.5 Å². The van der Waals surface area contributed by atoms with Crippen molar-refractivity contribution in [3.8, 4) is 11.5 Å². The third kappa shape index (κ3) is 9.08. The molecule has 0 aromatic heterocycles. The molecule has 2 aromatic carbocycles. The van der Waals surface area contributed by atoms with E-state index in [4.69, 9.17) is 19.3 Å². The van der Waals surface area contributed by atoms with Gasteiger partial charge in [0.25, 0.3) is 0 Å². The average molecular weight is 599 g/mol. The number of fused-ring (bicyclic) bond motifs is 1. The Balaban J connectivity index is 1.68. The Bertz CT molecular complexity index is 1320. The van der Waals surface area contributed by atoms with Crippen molar-refractivity contribution in [2.75, 3.05) is 39.6 Å². The fraction of sp³-hybridized carbons (Fsp3) is 0.480. The van der Waals surface area contributed by atoms with Gasteiger partial charge in [-0.05, 0) is 66.8 Å². The van der Waals surface area contributed by atoms with Crippen molar-refractivity contribution < 1.29 is 37.0 Å². The molecular weight excluding hydrogens is 563 g/mol. The molecule has 2 amide bonds. The van der Waals surface area contributed by atoms with Crippen LogP contribution in [0.2, 0.25) is 0 Å². The van der Waals surface area contributed by atoms with E-state index in [1.165, 1.54) is 23.5 Å². The van der Waals surface area contributed by atoms with Gasteiger partial charge >= 0.3 is 13.6 Å². The van der Waals surface area contributed by atoms with Crippen LogP contribution in [0.3, 0.4) is 0 Å². The molecule has 1 heterocycles. The molecule has 1 aliphatic rings. The molecule has 15 heteroatoms. The van der Waals surface area contributed by atoms with Gasteiger partial charge in [0.2, 0.25) is 10.0 Å². The average Bonchev–Trinajstić information content (AvgIpc) is 2.93. The van der Waals surface area contributed by atoms with Crippen LogP contribution in [0.1, 0.15) is 30.9 Å². The number of rotatable bonds is 14. The maximum Gasteiger partial charge on any atom is 0.378 e. The van der Waals surface area contributed by atoms with Crippen LogP contribution < -0.4 is 14.8 Å². The monoisotopic (exact) mass is 598 g/mol. The lowest BCUT2D eigenvalue weighted by Crippen LogP contribution is -2.46. The minimum Gasteiger partial charge on any atom is -0.497 e. The van der Waals surface area contributed by atoms with Crippen molar-refractivity contribution in [2.24, 2.45) is 5.18 Å². The minimum absolute atomic E-state index is 0.122. The molecule has 0 fully saturated rings. The Labute approximate surface area is 233 Å². The largest absolute Gasteiger partial charge is 0.497 e. The highest BCUT2D eigenvalue weighted by atomic mass is 32.2. The first-order chi connectivity index (χ1) is 18.9. The molecule has 3 N–H and O–H groups in total. The van der Waals surface area contributed by atoms with E-state index < -0.39 is 36.0 Å². The first-order valence-corrected chi connectivity index (χ1v) is 16.0. The second-order valence-corrected chi connectivity index (χ2v) is 13.0. The summed E-state index contributed by atoms with van der Waals surface area (Å²) in [5.74, 6) is 0.907. The number of methoxy groups -OCH3 is 1. The summed E-state index contributed by atoms with van der Waals surface area (Å²) in [6.45, 7) is 3.78. The molecule has 220 valence electrons. The summed E-state index contributed by atoms with van der Waals surface area (Å²) in [5.41, 5.74) is 1.97. The summed E-state index contributed by atoms with van der Waals surface area (Å²) in [7, 11) is -6.60. The lowest BCUT2D eigenvalue weighted by atomic mass is 9.99. The van der Waals surface area contributed by atoms with Gasteiger partial charge < -0.3 is 24.6 Å². The van der Waals surface area contributed by atoms with Crippen molar-refractivity contribution in [1.29, 1.82) is 0 Å². The number of nitrogens with zero attached hydrogens (tertiary/aromatic N) is 3. The van der Waals surface area contributed by atoms with E-state index in [-0.39, 0.29) is 24.4 Å². The van der Waals surface area contributed by atoms with E-state index in [2.05, 4.69) is 15.4 Å². The highest BCUT2D eigenvalue weighted by Gasteiger charge is 2.27. The van der Waals surface area contributed by atoms with Gasteiger partial charge in [-0.2, -0.15) is 4.31 Å². The van der Waals surface area contributed by atoms with E-state index in [1.807, 2.05) is 13.0 Å². The van der Waals surface area contributed by atoms with Crippen molar-refractivity contribution in [3.05, 3.63) is 58.5 Å². The number of hydrogen-bond acceptors (Lipinski definition) is 8. The zero-order valence-corrected chi connectivity index (χ0v) is 24.1. The van der Waals surface area contributed by atoms with Crippen LogP contribution in [0.15, 0.2) is 52.5 Å². The molecule has 0 bridgehead atoms. The lowest BCUT2D eigenvalue weighted by Gasteiger charge is -2.33. The lowest BCUT2D eigenvalue weighted by molar-refractivity contribution is 0.208. The normalized spacial score (nSPS) is 14.8. The fourth-order valence-corrected chi connectivity index (χ4v) is 6.38. The maximum atomic E-state index is 13.3. The third-order valence-corrected chi connectivity index (χ3v) is 8.83. The summed E-state index contributed by atoms with van der Waals surface area (Å²) < 4.78 is 49.4. The predicted molar refractivity (Wildman–Crippen MR) is 148 cm³/mol. The molecule has 0 aliphatic carbocycles. The highest BCUT2D eigenvalue weighted by molar-refractivity contribution is 7.89. The van der Waals surface area contributed by atoms with E-state index in [9.17, 15) is 22.7 Å². The summed E-state index contributed by atoms with van der Waals surface area (Å²) in [6, 6.07) is 9.79. The number of sulfonamides is 1. The Hall–Kier alpha value is -2.87. The molecule has 1 aliphatic heterocycles. The number of carbonyl (C=O) groups is 1. The van der Waals surface area contributed by atoms with E-state index in [0.29, 0.717) is 44.0 Å². The number of nitrogens with one attached hydrogen (secondary N) is 1. The third-order valence-electron chi connectivity index (χ3n) is 6.45. The number of amides is 2. The summed E-state index contributed by atoms with van der Waals surface area (Å²) in [4.78, 5) is 43.0. The smallest absolute Gasteiger partial charge is 0.378 e. The Morgan fingerprint density at radius 2 is 1.85 bits per heavy atom. The molecule has 1 atom stereocenters. The van der Waals surface area contributed by atoms with Crippen molar-refractivity contribution >= 4 is 23.7 Å². The number of nitroso groups, excluding NO2 is 1. The van der Waals surface area contributed by atoms with Gasteiger partial charge in [0, 0.05) is 43.9 Å². The molecule has 0 unspecified atom stereocenters. The Morgan fingerprint density at radius 3 is 2.48 bits per heavy atom. The van der Waals surface area contributed by atoms with Gasteiger partial charge in [0.05, 0.1) is 12.0 Å². The fourth-order valence-electron chi connectivity index (χ4n) is 4.51. The molecule has 0 spiro atoms. The molecule has 40 heavy (non-hydrogen) atoms. The zero-order chi connectivity index (χ0) is 29.3. The van der Waals surface area contributed by atoms with Gasteiger partial charge in [-0.1, -0.05) is 13.0 Å². The summed E-state index contributed by atoms with van der Waals surface area (Å²) in [6.07, 6.45) is 0.774. The number of benzene rings is 2. The quantitative estimate of drug-likeness (QED) is 0.217. The minimum atomic E-state index is -4.29. The topological polar surface area (TPSA) is 175 Å². The van der Waals surface area contributed by atoms with Crippen LogP contribution in [-0.4, -0.2) is 79.1 Å². The summed E-state index contributed by atoms with van der Waals surface area (Å²) in [5, 5.41) is 5.04. The van der Waals surface area contributed by atoms with Crippen LogP contribution >= 0.6 is 7.60 Å². The summed E-state index contributed by atoms with van der Waals surface area (Å²) >= 11 is 0. The standard InChI is InChI=1S/C25H35N4O9PS/c1-3-12-29(40(35,36)24-8-6-22(37-2)7-9-24)14-11-21(26-25(30)27-31)17-28-13-10-19-15-23(5-4-20(19)16-28)38-18-39(32,33)34/h4-9,15,21H,3,10-14,16-18H2,1-2H3,(H,26,30)(H2,32,33,34)/t21-/m1/s1. The SMILES string of the molecule is CCCN(CC[C@H](CN1CCc2cc(OCP(=O)(O)O)ccc2C1)NC(=O)N=O)S(=O)(=O)c1ccc(OC)cc1. The molecule has 2 aromatic rings.